The lowest BCUT2D eigenvalue weighted by atomic mass is 10.1. The Morgan fingerprint density at radius 3 is 2.46 bits per heavy atom. The predicted molar refractivity (Wildman–Crippen MR) is 96.7 cm³/mol. The van der Waals surface area contributed by atoms with E-state index in [1.165, 1.54) is 23.1 Å². The van der Waals surface area contributed by atoms with Crippen molar-refractivity contribution < 1.29 is 14.1 Å². The minimum Gasteiger partial charge on any atom is -0.366 e. The van der Waals surface area contributed by atoms with Gasteiger partial charge < -0.3 is 9.80 Å². The fraction of sp³-hybridized carbons (Fsp3) is 0.316. The fourth-order valence-electron chi connectivity index (χ4n) is 3.18. The average molecular weight is 357 g/mol. The maximum absolute atomic E-state index is 13.0. The normalized spacial score (nSPS) is 13.7. The molecule has 1 aliphatic heterocycles. The van der Waals surface area contributed by atoms with Crippen molar-refractivity contribution >= 4 is 17.3 Å². The second-order valence-corrected chi connectivity index (χ2v) is 6.44. The Labute approximate surface area is 151 Å². The van der Waals surface area contributed by atoms with Gasteiger partial charge in [0.15, 0.2) is 0 Å². The monoisotopic (exact) mass is 357 g/mol. The smallest absolute Gasteiger partial charge is 0.293 e. The maximum Gasteiger partial charge on any atom is 0.293 e. The molecular weight excluding hydrogens is 337 g/mol. The topological polar surface area (TPSA) is 66.7 Å². The van der Waals surface area contributed by atoms with E-state index < -0.39 is 4.92 Å². The van der Waals surface area contributed by atoms with Gasteiger partial charge in [0.05, 0.1) is 4.92 Å². The largest absolute Gasteiger partial charge is 0.366 e. The van der Waals surface area contributed by atoms with Crippen molar-refractivity contribution in [2.45, 2.75) is 19.4 Å². The zero-order chi connectivity index (χ0) is 18.7. The molecule has 1 saturated heterocycles. The number of carbonyl (C=O) groups is 1. The van der Waals surface area contributed by atoms with Crippen molar-refractivity contribution in [2.75, 3.05) is 25.0 Å². The number of anilines is 1. The van der Waals surface area contributed by atoms with Gasteiger partial charge in [0, 0.05) is 38.3 Å². The fourth-order valence-corrected chi connectivity index (χ4v) is 3.18. The summed E-state index contributed by atoms with van der Waals surface area (Å²) in [5, 5.41) is 11.5. The first-order chi connectivity index (χ1) is 12.5. The van der Waals surface area contributed by atoms with Crippen LogP contribution in [0.3, 0.4) is 0 Å². The van der Waals surface area contributed by atoms with Crippen LogP contribution in [-0.2, 0) is 6.54 Å². The van der Waals surface area contributed by atoms with Gasteiger partial charge in [-0.15, -0.1) is 0 Å². The van der Waals surface area contributed by atoms with Crippen LogP contribution in [0.25, 0.3) is 0 Å². The average Bonchev–Trinajstić information content (AvgIpc) is 3.17. The highest BCUT2D eigenvalue weighted by atomic mass is 19.1. The van der Waals surface area contributed by atoms with Gasteiger partial charge in [0.2, 0.25) is 0 Å². The summed E-state index contributed by atoms with van der Waals surface area (Å²) in [5.74, 6) is -0.652. The molecule has 6 nitrogen and oxygen atoms in total. The first-order valence-electron chi connectivity index (χ1n) is 8.49. The molecule has 1 heterocycles. The Balaban J connectivity index is 1.81. The van der Waals surface area contributed by atoms with E-state index in [1.54, 1.807) is 31.3 Å². The number of nitrogens with zero attached hydrogens (tertiary/aromatic N) is 3. The van der Waals surface area contributed by atoms with Crippen LogP contribution in [0.2, 0.25) is 0 Å². The molecule has 0 unspecified atom stereocenters. The summed E-state index contributed by atoms with van der Waals surface area (Å²) in [5.41, 5.74) is 1.56. The van der Waals surface area contributed by atoms with Crippen LogP contribution in [0.5, 0.6) is 0 Å². The number of benzene rings is 2. The molecule has 2 aromatic rings. The highest BCUT2D eigenvalue weighted by Crippen LogP contribution is 2.32. The van der Waals surface area contributed by atoms with Crippen LogP contribution in [0.4, 0.5) is 15.8 Å². The summed E-state index contributed by atoms with van der Waals surface area (Å²) in [6.45, 7) is 1.87. The van der Waals surface area contributed by atoms with Gasteiger partial charge in [-0.2, -0.15) is 0 Å². The van der Waals surface area contributed by atoms with Gasteiger partial charge in [0.1, 0.15) is 11.5 Å². The highest BCUT2D eigenvalue weighted by Gasteiger charge is 2.24. The molecule has 0 saturated carbocycles. The molecule has 0 spiro atoms. The zero-order valence-corrected chi connectivity index (χ0v) is 14.5. The Hall–Kier alpha value is -2.96. The predicted octanol–water partition coefficient (Wildman–Crippen LogP) is 3.61. The second-order valence-electron chi connectivity index (χ2n) is 6.44. The molecule has 136 valence electrons. The molecule has 26 heavy (non-hydrogen) atoms. The van der Waals surface area contributed by atoms with Crippen LogP contribution >= 0.6 is 0 Å². The molecule has 2 aromatic carbocycles. The Morgan fingerprint density at radius 1 is 1.19 bits per heavy atom. The van der Waals surface area contributed by atoms with E-state index in [4.69, 9.17) is 0 Å². The molecular formula is C19H20FN3O3. The van der Waals surface area contributed by atoms with E-state index in [2.05, 4.69) is 0 Å². The maximum atomic E-state index is 13.0. The zero-order valence-electron chi connectivity index (χ0n) is 14.5. The van der Waals surface area contributed by atoms with Crippen LogP contribution in [0.1, 0.15) is 28.8 Å². The van der Waals surface area contributed by atoms with Gasteiger partial charge in [-0.3, -0.25) is 14.9 Å². The van der Waals surface area contributed by atoms with Crippen LogP contribution < -0.4 is 4.90 Å². The van der Waals surface area contributed by atoms with Crippen LogP contribution in [-0.4, -0.2) is 35.9 Å². The first-order valence-corrected chi connectivity index (χ1v) is 8.49. The van der Waals surface area contributed by atoms with E-state index in [1.807, 2.05) is 4.90 Å². The minimum atomic E-state index is -0.440. The number of hydrogen-bond acceptors (Lipinski definition) is 4. The Kier molecular flexibility index (Phi) is 5.16. The van der Waals surface area contributed by atoms with Crippen molar-refractivity contribution in [3.05, 3.63) is 69.5 Å². The van der Waals surface area contributed by atoms with Crippen LogP contribution in [0, 0.1) is 15.9 Å². The quantitative estimate of drug-likeness (QED) is 0.606. The molecule has 7 heteroatoms. The van der Waals surface area contributed by atoms with Crippen molar-refractivity contribution in [1.82, 2.24) is 4.90 Å². The molecule has 1 amide bonds. The number of halogens is 1. The summed E-state index contributed by atoms with van der Waals surface area (Å²) in [4.78, 5) is 27.1. The van der Waals surface area contributed by atoms with Gasteiger partial charge in [-0.05, 0) is 42.7 Å². The summed E-state index contributed by atoms with van der Waals surface area (Å²) in [6, 6.07) is 10.5. The van der Waals surface area contributed by atoms with Gasteiger partial charge in [-0.1, -0.05) is 12.1 Å². The van der Waals surface area contributed by atoms with Crippen molar-refractivity contribution in [1.29, 1.82) is 0 Å². The van der Waals surface area contributed by atoms with Gasteiger partial charge in [-0.25, -0.2) is 4.39 Å². The SMILES string of the molecule is CN(Cc1ccc(F)cc1)C(=O)c1ccc(N2CCCC2)c([N+](=O)[O-])c1. The number of nitro benzene ring substituents is 1. The third kappa shape index (κ3) is 3.82. The van der Waals surface area contributed by atoms with E-state index >= 15 is 0 Å². The first kappa shape index (κ1) is 17.8. The van der Waals surface area contributed by atoms with Gasteiger partial charge in [0.25, 0.3) is 11.6 Å². The van der Waals surface area contributed by atoms with Crippen molar-refractivity contribution in [3.63, 3.8) is 0 Å². The lowest BCUT2D eigenvalue weighted by Crippen LogP contribution is -2.26. The van der Waals surface area contributed by atoms with Crippen molar-refractivity contribution in [3.8, 4) is 0 Å². The van der Waals surface area contributed by atoms with Gasteiger partial charge >= 0.3 is 0 Å². The van der Waals surface area contributed by atoms with E-state index in [-0.39, 0.29) is 23.0 Å². The van der Waals surface area contributed by atoms with E-state index in [0.717, 1.165) is 31.5 Å². The second kappa shape index (κ2) is 7.51. The van der Waals surface area contributed by atoms with E-state index in [0.29, 0.717) is 12.2 Å². The number of carbonyl (C=O) groups excluding carboxylic acids is 1. The molecule has 1 aliphatic rings. The lowest BCUT2D eigenvalue weighted by Gasteiger charge is -2.20. The number of amides is 1. The molecule has 1 fully saturated rings. The third-order valence-corrected chi connectivity index (χ3v) is 4.55. The molecule has 0 aliphatic carbocycles. The summed E-state index contributed by atoms with van der Waals surface area (Å²) >= 11 is 0. The Morgan fingerprint density at radius 2 is 1.85 bits per heavy atom. The number of nitro groups is 1. The third-order valence-electron chi connectivity index (χ3n) is 4.55. The molecule has 3 rings (SSSR count). The standard InChI is InChI=1S/C19H20FN3O3/c1-21(13-14-4-7-16(20)8-5-14)19(24)15-6-9-17(18(12-15)23(25)26)22-10-2-3-11-22/h4-9,12H,2-3,10-11,13H2,1H3. The Bertz CT molecular complexity index is 817. The molecule has 0 aromatic heterocycles. The molecule has 0 bridgehead atoms. The minimum absolute atomic E-state index is 0.0482. The summed E-state index contributed by atoms with van der Waals surface area (Å²) < 4.78 is 13.0. The highest BCUT2D eigenvalue weighted by molar-refractivity contribution is 5.95. The molecule has 0 N–H and O–H groups in total. The van der Waals surface area contributed by atoms with Crippen molar-refractivity contribution in [2.24, 2.45) is 0 Å². The van der Waals surface area contributed by atoms with Crippen LogP contribution in [0.15, 0.2) is 42.5 Å². The molecule has 0 radical (unpaired) electrons. The number of hydrogen-bond donors (Lipinski definition) is 0. The summed E-state index contributed by atoms with van der Waals surface area (Å²) in [7, 11) is 1.62. The molecule has 0 atom stereocenters. The lowest BCUT2D eigenvalue weighted by molar-refractivity contribution is -0.384. The van der Waals surface area contributed by atoms with E-state index in [9.17, 15) is 19.3 Å². The number of rotatable bonds is 5. The summed E-state index contributed by atoms with van der Waals surface area (Å²) in [6.07, 6.45) is 2.02.